The lowest BCUT2D eigenvalue weighted by molar-refractivity contribution is -0.183. The normalized spacial score (nSPS) is 23.7. The quantitative estimate of drug-likeness (QED) is 0.784. The van der Waals surface area contributed by atoms with Crippen LogP contribution in [0.4, 0.5) is 18.0 Å². The number of amides is 1. The van der Waals surface area contributed by atoms with Gasteiger partial charge in [-0.15, -0.1) is 0 Å². The number of alkyl carbamates (subject to hydrolysis) is 1. The lowest BCUT2D eigenvalue weighted by Crippen LogP contribution is -2.42. The molecule has 2 unspecified atom stereocenters. The van der Waals surface area contributed by atoms with Crippen LogP contribution in [0.5, 0.6) is 0 Å². The standard InChI is InChI=1S/C14H25F3N2O2/c1-13(2,3)21-12(20)19-8-7-18-11-6-4-5-10(9-11)14(15,16)17/h10-11,18H,4-9H2,1-3H3,(H,19,20). The number of hydrogen-bond donors (Lipinski definition) is 2. The number of carbonyl (C=O) groups is 1. The third-order valence-corrected chi connectivity index (χ3v) is 3.36. The Balaban J connectivity index is 2.19. The number of rotatable bonds is 4. The summed E-state index contributed by atoms with van der Waals surface area (Å²) in [6.07, 6.45) is -2.94. The van der Waals surface area contributed by atoms with Gasteiger partial charge >= 0.3 is 12.3 Å². The second-order valence-electron chi connectivity index (χ2n) is 6.48. The molecule has 2 N–H and O–H groups in total. The van der Waals surface area contributed by atoms with E-state index in [-0.39, 0.29) is 18.9 Å². The van der Waals surface area contributed by atoms with Crippen molar-refractivity contribution in [3.63, 3.8) is 0 Å². The van der Waals surface area contributed by atoms with Crippen molar-refractivity contribution in [2.45, 2.75) is 64.3 Å². The first-order valence-electron chi connectivity index (χ1n) is 7.35. The van der Waals surface area contributed by atoms with Crippen LogP contribution in [0, 0.1) is 5.92 Å². The van der Waals surface area contributed by atoms with Gasteiger partial charge in [-0.1, -0.05) is 6.42 Å². The summed E-state index contributed by atoms with van der Waals surface area (Å²) in [7, 11) is 0. The molecule has 1 fully saturated rings. The summed E-state index contributed by atoms with van der Waals surface area (Å²) in [5.41, 5.74) is -0.555. The molecule has 0 heterocycles. The SMILES string of the molecule is CC(C)(C)OC(=O)NCCNC1CCCC(C(F)(F)F)C1. The van der Waals surface area contributed by atoms with E-state index in [1.807, 2.05) is 0 Å². The van der Waals surface area contributed by atoms with Gasteiger partial charge in [0.25, 0.3) is 0 Å². The van der Waals surface area contributed by atoms with Crippen LogP contribution in [0.25, 0.3) is 0 Å². The van der Waals surface area contributed by atoms with E-state index in [9.17, 15) is 18.0 Å². The fraction of sp³-hybridized carbons (Fsp3) is 0.929. The molecule has 2 atom stereocenters. The maximum atomic E-state index is 12.7. The Hall–Kier alpha value is -0.980. The molecule has 1 aliphatic carbocycles. The van der Waals surface area contributed by atoms with Crippen LogP contribution in [0.1, 0.15) is 46.5 Å². The van der Waals surface area contributed by atoms with Gasteiger partial charge in [-0.3, -0.25) is 0 Å². The fourth-order valence-corrected chi connectivity index (χ4v) is 2.43. The minimum Gasteiger partial charge on any atom is -0.444 e. The number of ether oxygens (including phenoxy) is 1. The second-order valence-corrected chi connectivity index (χ2v) is 6.48. The third-order valence-electron chi connectivity index (χ3n) is 3.36. The zero-order valence-corrected chi connectivity index (χ0v) is 12.8. The first-order chi connectivity index (χ1) is 9.58. The van der Waals surface area contributed by atoms with Crippen molar-refractivity contribution in [3.8, 4) is 0 Å². The van der Waals surface area contributed by atoms with Crippen molar-refractivity contribution >= 4 is 6.09 Å². The summed E-state index contributed by atoms with van der Waals surface area (Å²) in [4.78, 5) is 11.4. The highest BCUT2D eigenvalue weighted by atomic mass is 19.4. The minimum atomic E-state index is -4.10. The van der Waals surface area contributed by atoms with Gasteiger partial charge in [0.1, 0.15) is 5.60 Å². The summed E-state index contributed by atoms with van der Waals surface area (Å²) in [6, 6.07) is -0.134. The van der Waals surface area contributed by atoms with E-state index >= 15 is 0 Å². The van der Waals surface area contributed by atoms with Crippen molar-refractivity contribution in [3.05, 3.63) is 0 Å². The monoisotopic (exact) mass is 310 g/mol. The third kappa shape index (κ3) is 7.55. The molecule has 0 aliphatic heterocycles. The van der Waals surface area contributed by atoms with Gasteiger partial charge in [-0.2, -0.15) is 13.2 Å². The second kappa shape index (κ2) is 7.33. The molecular formula is C14H25F3N2O2. The lowest BCUT2D eigenvalue weighted by atomic mass is 9.85. The minimum absolute atomic E-state index is 0.121. The Labute approximate surface area is 123 Å². The molecule has 1 amide bonds. The Morgan fingerprint density at radius 3 is 2.43 bits per heavy atom. The molecule has 0 bridgehead atoms. The zero-order chi connectivity index (χ0) is 16.1. The van der Waals surface area contributed by atoms with E-state index in [0.29, 0.717) is 19.5 Å². The van der Waals surface area contributed by atoms with E-state index in [2.05, 4.69) is 10.6 Å². The molecule has 0 saturated heterocycles. The zero-order valence-electron chi connectivity index (χ0n) is 12.8. The molecule has 0 spiro atoms. The Kier molecular flexibility index (Phi) is 6.31. The maximum absolute atomic E-state index is 12.7. The van der Waals surface area contributed by atoms with Crippen molar-refractivity contribution in [1.82, 2.24) is 10.6 Å². The van der Waals surface area contributed by atoms with E-state index < -0.39 is 23.8 Å². The summed E-state index contributed by atoms with van der Waals surface area (Å²) in [5.74, 6) is -1.21. The van der Waals surface area contributed by atoms with Gasteiger partial charge in [0.2, 0.25) is 0 Å². The molecular weight excluding hydrogens is 285 g/mol. The molecule has 124 valence electrons. The smallest absolute Gasteiger partial charge is 0.407 e. The van der Waals surface area contributed by atoms with E-state index in [1.54, 1.807) is 20.8 Å². The number of carbonyl (C=O) groups excluding carboxylic acids is 1. The molecule has 0 radical (unpaired) electrons. The Morgan fingerprint density at radius 2 is 1.86 bits per heavy atom. The van der Waals surface area contributed by atoms with Crippen LogP contribution in [-0.2, 0) is 4.74 Å². The van der Waals surface area contributed by atoms with Crippen LogP contribution in [0.3, 0.4) is 0 Å². The van der Waals surface area contributed by atoms with Gasteiger partial charge in [-0.25, -0.2) is 4.79 Å². The summed E-state index contributed by atoms with van der Waals surface area (Å²) in [6.45, 7) is 6.08. The first-order valence-corrected chi connectivity index (χ1v) is 7.35. The predicted octanol–water partition coefficient (Wildman–Crippen LogP) is 3.22. The molecule has 0 aromatic carbocycles. The predicted molar refractivity (Wildman–Crippen MR) is 74.0 cm³/mol. The fourth-order valence-electron chi connectivity index (χ4n) is 2.43. The largest absolute Gasteiger partial charge is 0.444 e. The molecule has 1 saturated carbocycles. The maximum Gasteiger partial charge on any atom is 0.407 e. The van der Waals surface area contributed by atoms with Crippen molar-refractivity contribution in [2.75, 3.05) is 13.1 Å². The molecule has 1 rings (SSSR count). The molecule has 1 aliphatic rings. The average molecular weight is 310 g/mol. The highest BCUT2D eigenvalue weighted by Crippen LogP contribution is 2.37. The van der Waals surface area contributed by atoms with Crippen LogP contribution in [0.15, 0.2) is 0 Å². The number of alkyl halides is 3. The summed E-state index contributed by atoms with van der Waals surface area (Å²) < 4.78 is 43.1. The van der Waals surface area contributed by atoms with Crippen molar-refractivity contribution < 1.29 is 22.7 Å². The van der Waals surface area contributed by atoms with Gasteiger partial charge in [0.05, 0.1) is 5.92 Å². The highest BCUT2D eigenvalue weighted by molar-refractivity contribution is 5.67. The van der Waals surface area contributed by atoms with Crippen LogP contribution >= 0.6 is 0 Å². The Bertz CT molecular complexity index is 340. The topological polar surface area (TPSA) is 50.4 Å². The van der Waals surface area contributed by atoms with Crippen molar-refractivity contribution in [2.24, 2.45) is 5.92 Å². The number of hydrogen-bond acceptors (Lipinski definition) is 3. The van der Waals surface area contributed by atoms with E-state index in [0.717, 1.165) is 6.42 Å². The number of halogens is 3. The van der Waals surface area contributed by atoms with Gasteiger partial charge in [0, 0.05) is 19.1 Å². The van der Waals surface area contributed by atoms with E-state index in [1.165, 1.54) is 0 Å². The first kappa shape index (κ1) is 18.1. The van der Waals surface area contributed by atoms with Crippen molar-refractivity contribution in [1.29, 1.82) is 0 Å². The van der Waals surface area contributed by atoms with Crippen LogP contribution < -0.4 is 10.6 Å². The summed E-state index contributed by atoms with van der Waals surface area (Å²) >= 11 is 0. The molecule has 0 aromatic rings. The van der Waals surface area contributed by atoms with Crippen LogP contribution in [0.2, 0.25) is 0 Å². The average Bonchev–Trinajstić information content (AvgIpc) is 2.32. The highest BCUT2D eigenvalue weighted by Gasteiger charge is 2.41. The lowest BCUT2D eigenvalue weighted by Gasteiger charge is -2.31. The molecule has 21 heavy (non-hydrogen) atoms. The molecule has 7 heteroatoms. The van der Waals surface area contributed by atoms with Crippen LogP contribution in [-0.4, -0.2) is 37.0 Å². The number of nitrogens with one attached hydrogen (secondary N) is 2. The Morgan fingerprint density at radius 1 is 1.19 bits per heavy atom. The van der Waals surface area contributed by atoms with Gasteiger partial charge in [0.15, 0.2) is 0 Å². The van der Waals surface area contributed by atoms with Gasteiger partial charge in [-0.05, 0) is 40.0 Å². The molecule has 4 nitrogen and oxygen atoms in total. The summed E-state index contributed by atoms with van der Waals surface area (Å²) in [5, 5.41) is 5.65. The molecule has 0 aromatic heterocycles. The van der Waals surface area contributed by atoms with Gasteiger partial charge < -0.3 is 15.4 Å². The van der Waals surface area contributed by atoms with E-state index in [4.69, 9.17) is 4.74 Å².